The van der Waals surface area contributed by atoms with E-state index in [2.05, 4.69) is 27.3 Å². The number of carbonyl (C=O) groups excluding carboxylic acids is 1. The maximum absolute atomic E-state index is 11.2. The predicted octanol–water partition coefficient (Wildman–Crippen LogP) is 2.14. The molecule has 0 aliphatic carbocycles. The molecule has 2 rings (SSSR count). The lowest BCUT2D eigenvalue weighted by atomic mass is 9.95. The minimum atomic E-state index is -0.224. The van der Waals surface area contributed by atoms with Crippen LogP contribution < -0.4 is 15.8 Å². The van der Waals surface area contributed by atoms with Crippen molar-refractivity contribution in [2.45, 2.75) is 45.8 Å². The number of rotatable bonds is 6. The van der Waals surface area contributed by atoms with Crippen molar-refractivity contribution in [1.29, 1.82) is 0 Å². The Morgan fingerprint density at radius 2 is 2.12 bits per heavy atom. The van der Waals surface area contributed by atoms with E-state index in [1.165, 1.54) is 5.56 Å². The summed E-state index contributed by atoms with van der Waals surface area (Å²) in [5.74, 6) is 1.85. The standard InChI is InChI=1S/C19H30N4O2/c1-14(2)25-17-8-6-15(7-9-17)12-22-19(21-3)23-10-4-5-16(13-23)11-18(20)24/h6-9,14,16H,4-5,10-13H2,1-3H3,(H2,20,24)(H,21,22). The van der Waals surface area contributed by atoms with Crippen LogP contribution in [-0.4, -0.2) is 43.0 Å². The minimum Gasteiger partial charge on any atom is -0.491 e. The highest BCUT2D eigenvalue weighted by molar-refractivity contribution is 5.80. The zero-order valence-corrected chi connectivity index (χ0v) is 15.5. The monoisotopic (exact) mass is 346 g/mol. The third-order valence-corrected chi connectivity index (χ3v) is 4.27. The Morgan fingerprint density at radius 1 is 1.40 bits per heavy atom. The molecule has 0 bridgehead atoms. The third kappa shape index (κ3) is 6.29. The molecule has 1 aliphatic rings. The van der Waals surface area contributed by atoms with E-state index in [0.717, 1.165) is 37.6 Å². The molecule has 0 radical (unpaired) electrons. The molecular formula is C19H30N4O2. The van der Waals surface area contributed by atoms with Crippen LogP contribution in [0.3, 0.4) is 0 Å². The number of hydrogen-bond acceptors (Lipinski definition) is 3. The molecule has 6 heteroatoms. The first-order chi connectivity index (χ1) is 12.0. The number of carbonyl (C=O) groups is 1. The van der Waals surface area contributed by atoms with Crippen LogP contribution in [0.4, 0.5) is 0 Å². The molecule has 6 nitrogen and oxygen atoms in total. The summed E-state index contributed by atoms with van der Waals surface area (Å²) in [6.07, 6.45) is 2.73. The van der Waals surface area contributed by atoms with Crippen LogP contribution in [0, 0.1) is 5.92 Å². The quantitative estimate of drug-likeness (QED) is 0.611. The van der Waals surface area contributed by atoms with Crippen LogP contribution in [-0.2, 0) is 11.3 Å². The van der Waals surface area contributed by atoms with Gasteiger partial charge in [-0.3, -0.25) is 9.79 Å². The molecule has 1 atom stereocenters. The molecule has 0 spiro atoms. The second kappa shape index (κ2) is 9.30. The van der Waals surface area contributed by atoms with Gasteiger partial charge in [-0.15, -0.1) is 0 Å². The van der Waals surface area contributed by atoms with Gasteiger partial charge in [-0.05, 0) is 50.3 Å². The third-order valence-electron chi connectivity index (χ3n) is 4.27. The van der Waals surface area contributed by atoms with E-state index in [-0.39, 0.29) is 12.0 Å². The number of benzene rings is 1. The van der Waals surface area contributed by atoms with Crippen molar-refractivity contribution in [2.75, 3.05) is 20.1 Å². The molecule has 1 fully saturated rings. The van der Waals surface area contributed by atoms with E-state index in [9.17, 15) is 4.79 Å². The van der Waals surface area contributed by atoms with Gasteiger partial charge in [0, 0.05) is 33.1 Å². The number of amides is 1. The summed E-state index contributed by atoms with van der Waals surface area (Å²) >= 11 is 0. The van der Waals surface area contributed by atoms with Gasteiger partial charge in [0.2, 0.25) is 5.91 Å². The van der Waals surface area contributed by atoms with Gasteiger partial charge in [-0.25, -0.2) is 0 Å². The van der Waals surface area contributed by atoms with Crippen molar-refractivity contribution in [3.8, 4) is 5.75 Å². The van der Waals surface area contributed by atoms with E-state index >= 15 is 0 Å². The maximum Gasteiger partial charge on any atom is 0.217 e. The fourth-order valence-electron chi connectivity index (χ4n) is 3.18. The number of ether oxygens (including phenoxy) is 1. The van der Waals surface area contributed by atoms with Crippen LogP contribution in [0.2, 0.25) is 0 Å². The van der Waals surface area contributed by atoms with Crippen molar-refractivity contribution in [3.63, 3.8) is 0 Å². The van der Waals surface area contributed by atoms with Gasteiger partial charge >= 0.3 is 0 Å². The highest BCUT2D eigenvalue weighted by Gasteiger charge is 2.23. The zero-order chi connectivity index (χ0) is 18.2. The number of likely N-dealkylation sites (tertiary alicyclic amines) is 1. The maximum atomic E-state index is 11.2. The largest absolute Gasteiger partial charge is 0.491 e. The van der Waals surface area contributed by atoms with Gasteiger partial charge < -0.3 is 20.7 Å². The van der Waals surface area contributed by atoms with Gasteiger partial charge in [0.05, 0.1) is 6.10 Å². The molecule has 1 heterocycles. The van der Waals surface area contributed by atoms with E-state index in [1.807, 2.05) is 26.0 Å². The van der Waals surface area contributed by atoms with Crippen LogP contribution in [0.25, 0.3) is 0 Å². The molecule has 1 aromatic rings. The highest BCUT2D eigenvalue weighted by Crippen LogP contribution is 2.19. The van der Waals surface area contributed by atoms with Gasteiger partial charge in [-0.1, -0.05) is 12.1 Å². The van der Waals surface area contributed by atoms with Gasteiger partial charge in [0.15, 0.2) is 5.96 Å². The summed E-state index contributed by atoms with van der Waals surface area (Å²) in [4.78, 5) is 17.8. The number of nitrogens with zero attached hydrogens (tertiary/aromatic N) is 2. The highest BCUT2D eigenvalue weighted by atomic mass is 16.5. The molecule has 1 amide bonds. The second-order valence-corrected chi connectivity index (χ2v) is 6.84. The first kappa shape index (κ1) is 19.1. The number of primary amides is 1. The van der Waals surface area contributed by atoms with Crippen molar-refractivity contribution in [1.82, 2.24) is 10.2 Å². The first-order valence-electron chi connectivity index (χ1n) is 8.97. The lowest BCUT2D eigenvalue weighted by Gasteiger charge is -2.34. The Hall–Kier alpha value is -2.24. The summed E-state index contributed by atoms with van der Waals surface area (Å²) in [6, 6.07) is 8.10. The molecule has 1 unspecified atom stereocenters. The van der Waals surface area contributed by atoms with Crippen molar-refractivity contribution >= 4 is 11.9 Å². The van der Waals surface area contributed by atoms with Gasteiger partial charge in [-0.2, -0.15) is 0 Å². The molecule has 0 aromatic heterocycles. The number of guanidine groups is 1. The predicted molar refractivity (Wildman–Crippen MR) is 101 cm³/mol. The normalized spacial score (nSPS) is 18.3. The topological polar surface area (TPSA) is 80.0 Å². The molecule has 1 saturated heterocycles. The Morgan fingerprint density at radius 3 is 2.72 bits per heavy atom. The zero-order valence-electron chi connectivity index (χ0n) is 15.5. The van der Waals surface area contributed by atoms with Crippen LogP contribution in [0.15, 0.2) is 29.3 Å². The Kier molecular flexibility index (Phi) is 7.10. The van der Waals surface area contributed by atoms with E-state index in [4.69, 9.17) is 10.5 Å². The molecule has 138 valence electrons. The van der Waals surface area contributed by atoms with Crippen molar-refractivity contribution < 1.29 is 9.53 Å². The molecule has 1 aliphatic heterocycles. The summed E-state index contributed by atoms with van der Waals surface area (Å²) in [5.41, 5.74) is 6.51. The van der Waals surface area contributed by atoms with E-state index < -0.39 is 0 Å². The van der Waals surface area contributed by atoms with Crippen LogP contribution >= 0.6 is 0 Å². The Bertz CT molecular complexity index is 584. The number of aliphatic imine (C=N–C) groups is 1. The molecule has 0 saturated carbocycles. The summed E-state index contributed by atoms with van der Waals surface area (Å²) in [5, 5.41) is 3.41. The fraction of sp³-hybridized carbons (Fsp3) is 0.579. The summed E-state index contributed by atoms with van der Waals surface area (Å²) in [6.45, 7) is 6.51. The Balaban J connectivity index is 1.88. The molecule has 1 aromatic carbocycles. The molecule has 3 N–H and O–H groups in total. The van der Waals surface area contributed by atoms with Crippen molar-refractivity contribution in [2.24, 2.45) is 16.6 Å². The molecule has 25 heavy (non-hydrogen) atoms. The van der Waals surface area contributed by atoms with Crippen molar-refractivity contribution in [3.05, 3.63) is 29.8 Å². The molecular weight excluding hydrogens is 316 g/mol. The summed E-state index contributed by atoms with van der Waals surface area (Å²) < 4.78 is 5.66. The average Bonchev–Trinajstić information content (AvgIpc) is 2.56. The second-order valence-electron chi connectivity index (χ2n) is 6.84. The van der Waals surface area contributed by atoms with E-state index in [0.29, 0.717) is 18.9 Å². The summed E-state index contributed by atoms with van der Waals surface area (Å²) in [7, 11) is 1.79. The fourth-order valence-corrected chi connectivity index (χ4v) is 3.18. The van der Waals surface area contributed by atoms with Gasteiger partial charge in [0.1, 0.15) is 5.75 Å². The van der Waals surface area contributed by atoms with Crippen LogP contribution in [0.5, 0.6) is 5.75 Å². The van der Waals surface area contributed by atoms with Gasteiger partial charge in [0.25, 0.3) is 0 Å². The van der Waals surface area contributed by atoms with Crippen LogP contribution in [0.1, 0.15) is 38.7 Å². The Labute approximate surface area is 150 Å². The number of piperidine rings is 1. The number of nitrogens with two attached hydrogens (primary N) is 1. The van der Waals surface area contributed by atoms with E-state index in [1.54, 1.807) is 7.05 Å². The minimum absolute atomic E-state index is 0.176. The number of hydrogen-bond donors (Lipinski definition) is 2. The average molecular weight is 346 g/mol. The smallest absolute Gasteiger partial charge is 0.217 e. The lowest BCUT2D eigenvalue weighted by molar-refractivity contribution is -0.119. The lowest BCUT2D eigenvalue weighted by Crippen LogP contribution is -2.46. The number of nitrogens with one attached hydrogen (secondary N) is 1. The first-order valence-corrected chi connectivity index (χ1v) is 8.97. The SMILES string of the molecule is CN=C(NCc1ccc(OC(C)C)cc1)N1CCCC(CC(N)=O)C1.